The molecule has 0 bridgehead atoms. The van der Waals surface area contributed by atoms with Gasteiger partial charge in [0.25, 0.3) is 10.0 Å². The second kappa shape index (κ2) is 8.39. The SMILES string of the molecule is COc1ccc(CCNC(=O)CN2c3ccc(F)cc3-c3ccccc3S2(=O)=O)cc1. The summed E-state index contributed by atoms with van der Waals surface area (Å²) >= 11 is 0. The zero-order chi connectivity index (χ0) is 22.0. The van der Waals surface area contributed by atoms with Gasteiger partial charge >= 0.3 is 0 Å². The Balaban J connectivity index is 1.51. The summed E-state index contributed by atoms with van der Waals surface area (Å²) in [5.74, 6) is -0.165. The van der Waals surface area contributed by atoms with E-state index in [1.807, 2.05) is 24.3 Å². The Morgan fingerprint density at radius 2 is 1.77 bits per heavy atom. The van der Waals surface area contributed by atoms with Gasteiger partial charge in [-0.25, -0.2) is 12.8 Å². The molecule has 1 amide bonds. The van der Waals surface area contributed by atoms with E-state index in [4.69, 9.17) is 4.74 Å². The Morgan fingerprint density at radius 3 is 2.52 bits per heavy atom. The van der Waals surface area contributed by atoms with Crippen LogP contribution in [0.1, 0.15) is 5.56 Å². The highest BCUT2D eigenvalue weighted by molar-refractivity contribution is 7.93. The third-order valence-corrected chi connectivity index (χ3v) is 6.97. The van der Waals surface area contributed by atoms with Crippen molar-refractivity contribution in [3.63, 3.8) is 0 Å². The van der Waals surface area contributed by atoms with E-state index in [9.17, 15) is 17.6 Å². The number of carbonyl (C=O) groups is 1. The van der Waals surface area contributed by atoms with Gasteiger partial charge < -0.3 is 10.1 Å². The van der Waals surface area contributed by atoms with Crippen molar-refractivity contribution in [3.05, 3.63) is 78.1 Å². The summed E-state index contributed by atoms with van der Waals surface area (Å²) < 4.78 is 46.4. The minimum Gasteiger partial charge on any atom is -0.497 e. The van der Waals surface area contributed by atoms with Gasteiger partial charge in [-0.05, 0) is 48.4 Å². The molecule has 0 aliphatic carbocycles. The Labute approximate surface area is 180 Å². The fourth-order valence-corrected chi connectivity index (χ4v) is 5.25. The first-order valence-corrected chi connectivity index (χ1v) is 11.2. The number of sulfonamides is 1. The maximum absolute atomic E-state index is 13.9. The number of anilines is 1. The smallest absolute Gasteiger partial charge is 0.265 e. The van der Waals surface area contributed by atoms with E-state index in [1.54, 1.807) is 25.3 Å². The van der Waals surface area contributed by atoms with Gasteiger partial charge in [0.05, 0.1) is 17.7 Å². The third kappa shape index (κ3) is 4.11. The first-order chi connectivity index (χ1) is 14.9. The van der Waals surface area contributed by atoms with Crippen molar-refractivity contribution in [1.82, 2.24) is 5.32 Å². The average molecular weight is 440 g/mol. The Morgan fingerprint density at radius 1 is 1.03 bits per heavy atom. The molecule has 160 valence electrons. The number of rotatable bonds is 6. The van der Waals surface area contributed by atoms with E-state index in [1.165, 1.54) is 24.3 Å². The molecule has 1 N–H and O–H groups in total. The van der Waals surface area contributed by atoms with Crippen molar-refractivity contribution in [1.29, 1.82) is 0 Å². The number of nitrogens with one attached hydrogen (secondary N) is 1. The molecule has 3 aromatic rings. The number of carbonyl (C=O) groups excluding carboxylic acids is 1. The Hall–Kier alpha value is -3.39. The molecular weight excluding hydrogens is 419 g/mol. The Kier molecular flexibility index (Phi) is 5.65. The van der Waals surface area contributed by atoms with Crippen molar-refractivity contribution in [2.75, 3.05) is 24.5 Å². The molecule has 0 unspecified atom stereocenters. The lowest BCUT2D eigenvalue weighted by molar-refractivity contribution is -0.119. The molecule has 0 saturated carbocycles. The summed E-state index contributed by atoms with van der Waals surface area (Å²) in [6, 6.07) is 17.8. The van der Waals surface area contributed by atoms with E-state index in [-0.39, 0.29) is 10.6 Å². The van der Waals surface area contributed by atoms with Crippen LogP contribution in [0.15, 0.2) is 71.6 Å². The highest BCUT2D eigenvalue weighted by atomic mass is 32.2. The van der Waals surface area contributed by atoms with Gasteiger partial charge in [0.1, 0.15) is 18.1 Å². The molecule has 0 saturated heterocycles. The number of nitrogens with zero attached hydrogens (tertiary/aromatic N) is 1. The van der Waals surface area contributed by atoms with E-state index in [2.05, 4.69) is 5.32 Å². The van der Waals surface area contributed by atoms with Gasteiger partial charge in [0, 0.05) is 17.7 Å². The number of methoxy groups -OCH3 is 1. The highest BCUT2D eigenvalue weighted by Crippen LogP contribution is 2.42. The number of halogens is 1. The van der Waals surface area contributed by atoms with E-state index in [0.29, 0.717) is 24.1 Å². The number of hydrogen-bond donors (Lipinski definition) is 1. The molecule has 6 nitrogen and oxygen atoms in total. The summed E-state index contributed by atoms with van der Waals surface area (Å²) in [5.41, 5.74) is 2.16. The number of amides is 1. The molecule has 31 heavy (non-hydrogen) atoms. The van der Waals surface area contributed by atoms with Crippen LogP contribution in [0.5, 0.6) is 5.75 Å². The second-order valence-corrected chi connectivity index (χ2v) is 8.95. The normalized spacial score (nSPS) is 13.8. The van der Waals surface area contributed by atoms with Gasteiger partial charge in [-0.2, -0.15) is 0 Å². The lowest BCUT2D eigenvalue weighted by Crippen LogP contribution is -2.43. The lowest BCUT2D eigenvalue weighted by Gasteiger charge is -2.31. The summed E-state index contributed by atoms with van der Waals surface area (Å²) in [5, 5.41) is 2.76. The van der Waals surface area contributed by atoms with Gasteiger partial charge in [0.2, 0.25) is 5.91 Å². The lowest BCUT2D eigenvalue weighted by atomic mass is 10.0. The quantitative estimate of drug-likeness (QED) is 0.638. The molecule has 0 radical (unpaired) electrons. The van der Waals surface area contributed by atoms with Crippen LogP contribution in [0.3, 0.4) is 0 Å². The van der Waals surface area contributed by atoms with Crippen LogP contribution >= 0.6 is 0 Å². The molecular formula is C23H21FN2O4S. The predicted octanol–water partition coefficient (Wildman–Crippen LogP) is 3.37. The van der Waals surface area contributed by atoms with Crippen LogP contribution in [-0.4, -0.2) is 34.5 Å². The monoisotopic (exact) mass is 440 g/mol. The largest absolute Gasteiger partial charge is 0.497 e. The van der Waals surface area contributed by atoms with Crippen molar-refractivity contribution in [2.45, 2.75) is 11.3 Å². The van der Waals surface area contributed by atoms with Gasteiger partial charge in [-0.1, -0.05) is 30.3 Å². The maximum Gasteiger partial charge on any atom is 0.265 e. The molecule has 1 aliphatic rings. The zero-order valence-corrected chi connectivity index (χ0v) is 17.7. The summed E-state index contributed by atoms with van der Waals surface area (Å²) in [4.78, 5) is 12.6. The molecule has 1 aliphatic heterocycles. The predicted molar refractivity (Wildman–Crippen MR) is 116 cm³/mol. The topological polar surface area (TPSA) is 75.7 Å². The van der Waals surface area contributed by atoms with Crippen LogP contribution in [0.4, 0.5) is 10.1 Å². The van der Waals surface area contributed by atoms with Gasteiger partial charge in [-0.3, -0.25) is 9.10 Å². The van der Waals surface area contributed by atoms with E-state index in [0.717, 1.165) is 15.6 Å². The van der Waals surface area contributed by atoms with Crippen LogP contribution in [0, 0.1) is 5.82 Å². The fraction of sp³-hybridized carbons (Fsp3) is 0.174. The van der Waals surface area contributed by atoms with Gasteiger partial charge in [0.15, 0.2) is 0 Å². The van der Waals surface area contributed by atoms with Crippen molar-refractivity contribution >= 4 is 21.6 Å². The molecule has 0 spiro atoms. The van der Waals surface area contributed by atoms with Crippen molar-refractivity contribution < 1.29 is 22.3 Å². The minimum atomic E-state index is -3.95. The van der Waals surface area contributed by atoms with Crippen molar-refractivity contribution in [2.24, 2.45) is 0 Å². The van der Waals surface area contributed by atoms with Crippen LogP contribution < -0.4 is 14.4 Å². The third-order valence-electron chi connectivity index (χ3n) is 5.15. The van der Waals surface area contributed by atoms with Crippen molar-refractivity contribution in [3.8, 4) is 16.9 Å². The van der Waals surface area contributed by atoms with Crippen LogP contribution in [-0.2, 0) is 21.2 Å². The number of hydrogen-bond acceptors (Lipinski definition) is 4. The molecule has 0 atom stereocenters. The number of benzene rings is 3. The maximum atomic E-state index is 13.9. The van der Waals surface area contributed by atoms with Crippen LogP contribution in [0.2, 0.25) is 0 Å². The standard InChI is InChI=1S/C23H21FN2O4S/c1-30-18-9-6-16(7-10-18)12-13-25-23(27)15-26-21-11-8-17(24)14-20(21)19-4-2-3-5-22(19)31(26,28)29/h2-11,14H,12-13,15H2,1H3,(H,25,27). The first kappa shape index (κ1) is 20.9. The van der Waals surface area contributed by atoms with Crippen LogP contribution in [0.25, 0.3) is 11.1 Å². The molecule has 1 heterocycles. The molecule has 0 aromatic heterocycles. The average Bonchev–Trinajstić information content (AvgIpc) is 2.77. The number of ether oxygens (including phenoxy) is 1. The highest BCUT2D eigenvalue weighted by Gasteiger charge is 2.35. The fourth-order valence-electron chi connectivity index (χ4n) is 3.60. The summed E-state index contributed by atoms with van der Waals surface area (Å²) in [7, 11) is -2.36. The Bertz CT molecular complexity index is 1230. The molecule has 4 rings (SSSR count). The van der Waals surface area contributed by atoms with Gasteiger partial charge in [-0.15, -0.1) is 0 Å². The first-order valence-electron chi connectivity index (χ1n) is 9.71. The molecule has 8 heteroatoms. The van der Waals surface area contributed by atoms with E-state index >= 15 is 0 Å². The molecule has 0 fully saturated rings. The summed E-state index contributed by atoms with van der Waals surface area (Å²) in [6.07, 6.45) is 0.590. The molecule has 3 aromatic carbocycles. The zero-order valence-electron chi connectivity index (χ0n) is 16.8. The second-order valence-electron chi connectivity index (χ2n) is 7.12. The summed E-state index contributed by atoms with van der Waals surface area (Å²) in [6.45, 7) is -0.0379. The van der Waals surface area contributed by atoms with E-state index < -0.39 is 28.3 Å². The number of fused-ring (bicyclic) bond motifs is 3. The minimum absolute atomic E-state index is 0.0548.